The second-order valence-electron chi connectivity index (χ2n) is 14.4. The second kappa shape index (κ2) is 11.8. The number of hydrogen-bond donors (Lipinski definition) is 2. The molecule has 15 heteroatoms. The Kier molecular flexibility index (Phi) is 8.43. The molecule has 2 saturated heterocycles. The van der Waals surface area contributed by atoms with E-state index in [-0.39, 0.29) is 18.3 Å². The molecule has 0 aromatic rings. The third-order valence-electron chi connectivity index (χ3n) is 11.6. The summed E-state index contributed by atoms with van der Waals surface area (Å²) >= 11 is 0. The topological polar surface area (TPSA) is 207 Å². The summed E-state index contributed by atoms with van der Waals surface area (Å²) in [5, 5.41) is 22.3. The van der Waals surface area contributed by atoms with Crippen molar-refractivity contribution in [2.24, 2.45) is 34.5 Å². The summed E-state index contributed by atoms with van der Waals surface area (Å²) in [6.07, 6.45) is -8.29. The van der Waals surface area contributed by atoms with E-state index in [4.69, 9.17) is 33.2 Å². The van der Waals surface area contributed by atoms with Gasteiger partial charge in [-0.05, 0) is 43.9 Å². The first-order valence-corrected chi connectivity index (χ1v) is 16.2. The summed E-state index contributed by atoms with van der Waals surface area (Å²) in [4.78, 5) is 76.9. The smallest absolute Gasteiger partial charge is 0.315 e. The van der Waals surface area contributed by atoms with Gasteiger partial charge in [0.15, 0.2) is 12.2 Å². The van der Waals surface area contributed by atoms with E-state index in [2.05, 4.69) is 6.58 Å². The lowest BCUT2D eigenvalue weighted by Crippen LogP contribution is -2.63. The first-order chi connectivity index (χ1) is 22.5. The molecule has 0 amide bonds. The Morgan fingerprint density at radius 1 is 0.875 bits per heavy atom. The van der Waals surface area contributed by atoms with Crippen LogP contribution in [0.1, 0.15) is 66.7 Å². The summed E-state index contributed by atoms with van der Waals surface area (Å²) in [6.45, 7) is 9.65. The second-order valence-corrected chi connectivity index (χ2v) is 14.4. The summed E-state index contributed by atoms with van der Waals surface area (Å²) < 4.78 is 39.8. The van der Waals surface area contributed by atoms with Crippen LogP contribution in [-0.4, -0.2) is 101 Å². The van der Waals surface area contributed by atoms with Gasteiger partial charge in [0.1, 0.15) is 23.7 Å². The molecular weight excluding hydrogens is 636 g/mol. The molecule has 2 N–H and O–H groups in total. The normalized spacial score (nSPS) is 45.3. The molecule has 4 aliphatic carbocycles. The van der Waals surface area contributed by atoms with Crippen LogP contribution in [-0.2, 0) is 61.9 Å². The van der Waals surface area contributed by atoms with Crippen molar-refractivity contribution < 1.29 is 72.1 Å². The molecule has 2 aliphatic heterocycles. The summed E-state index contributed by atoms with van der Waals surface area (Å²) in [6, 6.07) is 0. The van der Waals surface area contributed by atoms with Crippen molar-refractivity contribution in [2.75, 3.05) is 6.61 Å². The number of rotatable bonds is 7. The van der Waals surface area contributed by atoms with Gasteiger partial charge >= 0.3 is 35.8 Å². The van der Waals surface area contributed by atoms with Gasteiger partial charge in [-0.3, -0.25) is 28.8 Å². The van der Waals surface area contributed by atoms with E-state index in [0.717, 1.165) is 39.7 Å². The van der Waals surface area contributed by atoms with Gasteiger partial charge < -0.3 is 43.4 Å². The number of esters is 6. The van der Waals surface area contributed by atoms with Crippen molar-refractivity contribution in [3.8, 4) is 0 Å². The Morgan fingerprint density at radius 2 is 1.50 bits per heavy atom. The van der Waals surface area contributed by atoms with Gasteiger partial charge in [-0.2, -0.15) is 0 Å². The van der Waals surface area contributed by atoms with Crippen molar-refractivity contribution in [3.05, 3.63) is 12.2 Å². The predicted molar refractivity (Wildman–Crippen MR) is 156 cm³/mol. The Balaban J connectivity index is 1.42. The molecule has 4 bridgehead atoms. The van der Waals surface area contributed by atoms with E-state index in [1.54, 1.807) is 0 Å². The van der Waals surface area contributed by atoms with E-state index < -0.39 is 114 Å². The summed E-state index contributed by atoms with van der Waals surface area (Å²) in [5.41, 5.74) is -2.77. The standard InChI is InChI=1S/C33H42O15/c1-13-9-32-10-18(13)7-8-21(32)33-11-19(38)27(39)31(6,30(41)48-33)26(33)22(32)28(40)47-29-25(45-17(5)37)24(44-16(4)36)23(43-15(3)35)20(46-29)12-42-14(2)34/h18-27,29,38-39H,1,7-12H2,2-6H3/t18-,19+,20-,21-,22-,23-,24+,25-,26-,27+,29+,31+,32+,33-/m1/s1. The lowest BCUT2D eigenvalue weighted by molar-refractivity contribution is -0.303. The fourth-order valence-electron chi connectivity index (χ4n) is 10.2. The van der Waals surface area contributed by atoms with Gasteiger partial charge in [0, 0.05) is 46.0 Å². The Hall–Kier alpha value is -3.56. The molecule has 0 aromatic heterocycles. The molecule has 0 radical (unpaired) electrons. The Morgan fingerprint density at radius 3 is 2.12 bits per heavy atom. The van der Waals surface area contributed by atoms with Crippen molar-refractivity contribution in [1.82, 2.24) is 0 Å². The molecular formula is C33H42O15. The lowest BCUT2D eigenvalue weighted by Gasteiger charge is -2.46. The average Bonchev–Trinajstić information content (AvgIpc) is 3.45. The average molecular weight is 679 g/mol. The minimum Gasteiger partial charge on any atom is -0.463 e. The third-order valence-corrected chi connectivity index (χ3v) is 11.6. The van der Waals surface area contributed by atoms with Crippen molar-refractivity contribution in [1.29, 1.82) is 0 Å². The molecule has 0 aromatic carbocycles. The van der Waals surface area contributed by atoms with Gasteiger partial charge in [-0.1, -0.05) is 12.2 Å². The van der Waals surface area contributed by atoms with E-state index in [9.17, 15) is 39.0 Å². The van der Waals surface area contributed by atoms with Gasteiger partial charge in [-0.15, -0.1) is 0 Å². The number of carbonyl (C=O) groups excluding carboxylic acids is 6. The predicted octanol–water partition coefficient (Wildman–Crippen LogP) is 0.649. The molecule has 6 fully saturated rings. The highest BCUT2D eigenvalue weighted by atomic mass is 16.7. The lowest BCUT2D eigenvalue weighted by atomic mass is 9.58. The maximum absolute atomic E-state index is 14.8. The Labute approximate surface area is 276 Å². The van der Waals surface area contributed by atoms with Gasteiger partial charge in [0.2, 0.25) is 12.4 Å². The molecule has 6 aliphatic rings. The van der Waals surface area contributed by atoms with Gasteiger partial charge in [-0.25, -0.2) is 0 Å². The van der Waals surface area contributed by atoms with Crippen LogP contribution >= 0.6 is 0 Å². The largest absolute Gasteiger partial charge is 0.463 e. The minimum atomic E-state index is -1.77. The molecule has 6 rings (SSSR count). The van der Waals surface area contributed by atoms with Crippen LogP contribution in [0.5, 0.6) is 0 Å². The van der Waals surface area contributed by atoms with E-state index in [1.807, 2.05) is 0 Å². The zero-order chi connectivity index (χ0) is 35.1. The van der Waals surface area contributed by atoms with Crippen LogP contribution in [0.2, 0.25) is 0 Å². The quantitative estimate of drug-likeness (QED) is 0.215. The number of hydrogen-bond acceptors (Lipinski definition) is 15. The van der Waals surface area contributed by atoms with E-state index >= 15 is 0 Å². The molecule has 14 atom stereocenters. The first kappa shape index (κ1) is 34.3. The highest BCUT2D eigenvalue weighted by molar-refractivity contribution is 5.86. The zero-order valence-electron chi connectivity index (χ0n) is 27.5. The fourth-order valence-corrected chi connectivity index (χ4v) is 10.2. The van der Waals surface area contributed by atoms with Crippen molar-refractivity contribution in [2.45, 2.75) is 115 Å². The van der Waals surface area contributed by atoms with Crippen LogP contribution in [0.25, 0.3) is 0 Å². The highest BCUT2D eigenvalue weighted by Gasteiger charge is 2.84. The number of carbonyl (C=O) groups is 6. The van der Waals surface area contributed by atoms with Gasteiger partial charge in [0.25, 0.3) is 0 Å². The molecule has 15 nitrogen and oxygen atoms in total. The Bertz CT molecular complexity index is 1440. The molecule has 2 heterocycles. The molecule has 0 unspecified atom stereocenters. The number of allylic oxidation sites excluding steroid dienone is 1. The van der Waals surface area contributed by atoms with Gasteiger partial charge in [0.05, 0.1) is 18.1 Å². The molecule has 1 spiro atoms. The van der Waals surface area contributed by atoms with Crippen LogP contribution in [0.15, 0.2) is 12.2 Å². The number of aliphatic hydroxyl groups excluding tert-OH is 2. The van der Waals surface area contributed by atoms with Crippen molar-refractivity contribution in [3.63, 3.8) is 0 Å². The first-order valence-electron chi connectivity index (χ1n) is 16.2. The van der Waals surface area contributed by atoms with Crippen LogP contribution in [0.3, 0.4) is 0 Å². The maximum Gasteiger partial charge on any atom is 0.315 e. The summed E-state index contributed by atoms with van der Waals surface area (Å²) in [7, 11) is 0. The van der Waals surface area contributed by atoms with Crippen LogP contribution in [0.4, 0.5) is 0 Å². The van der Waals surface area contributed by atoms with Crippen LogP contribution < -0.4 is 0 Å². The minimum absolute atomic E-state index is 0.0629. The molecule has 264 valence electrons. The fraction of sp³-hybridized carbons (Fsp3) is 0.758. The SMILES string of the molecule is C=C1C[C@]23C[C@H]1CC[C@H]2[C@@]12C[C@H](O)[C@H](O)[C@@](C)(C(=O)O1)[C@H]2[C@@H]3C(=O)O[C@@H]1O[C@H](COC(C)=O)[C@@H](OC(C)=O)[C@H](OC(C)=O)[C@H]1OC(C)=O. The highest BCUT2D eigenvalue weighted by Crippen LogP contribution is 2.78. The van der Waals surface area contributed by atoms with E-state index in [1.165, 1.54) is 6.92 Å². The zero-order valence-corrected chi connectivity index (χ0v) is 27.5. The number of aliphatic hydroxyl groups is 2. The monoisotopic (exact) mass is 678 g/mol. The number of fused-ring (bicyclic) bond motifs is 1. The molecule has 4 saturated carbocycles. The van der Waals surface area contributed by atoms with Crippen LogP contribution in [0, 0.1) is 34.5 Å². The van der Waals surface area contributed by atoms with Crippen molar-refractivity contribution >= 4 is 35.8 Å². The van der Waals surface area contributed by atoms with E-state index in [0.29, 0.717) is 19.3 Å². The third kappa shape index (κ3) is 5.02. The maximum atomic E-state index is 14.8. The number of ether oxygens (including phenoxy) is 7. The molecule has 48 heavy (non-hydrogen) atoms. The summed E-state index contributed by atoms with van der Waals surface area (Å²) in [5.74, 6) is -7.00.